The summed E-state index contributed by atoms with van der Waals surface area (Å²) in [6.07, 6.45) is 1.20. The van der Waals surface area contributed by atoms with Crippen molar-refractivity contribution in [1.29, 1.82) is 0 Å². The van der Waals surface area contributed by atoms with Gasteiger partial charge >= 0.3 is 5.97 Å². The highest BCUT2D eigenvalue weighted by atomic mass is 16.5. The fourth-order valence-corrected chi connectivity index (χ4v) is 3.87. The zero-order valence-electron chi connectivity index (χ0n) is 15.3. The van der Waals surface area contributed by atoms with Crippen LogP contribution >= 0.6 is 0 Å². The van der Waals surface area contributed by atoms with Gasteiger partial charge in [-0.1, -0.05) is 36.9 Å². The van der Waals surface area contributed by atoms with Gasteiger partial charge in [-0.15, -0.1) is 0 Å². The number of fused-ring (bicyclic) bond motifs is 2. The highest BCUT2D eigenvalue weighted by Gasteiger charge is 2.25. The lowest BCUT2D eigenvalue weighted by Crippen LogP contribution is -2.37. The van der Waals surface area contributed by atoms with Crippen LogP contribution in [0, 0.1) is 0 Å². The first-order valence-electron chi connectivity index (χ1n) is 9.35. The number of anilines is 1. The molecule has 0 atom stereocenters. The monoisotopic (exact) mass is 369 g/mol. The van der Waals surface area contributed by atoms with E-state index in [2.05, 4.69) is 23.6 Å². The summed E-state index contributed by atoms with van der Waals surface area (Å²) in [5, 5.41) is 11.5. The zero-order chi connectivity index (χ0) is 19.3. The molecule has 0 saturated carbocycles. The molecule has 2 heterocycles. The second-order valence-corrected chi connectivity index (χ2v) is 7.18. The largest absolute Gasteiger partial charge is 0.478 e. The summed E-state index contributed by atoms with van der Waals surface area (Å²) in [4.78, 5) is 14.2. The summed E-state index contributed by atoms with van der Waals surface area (Å²) in [7, 11) is 0. The molecule has 4 nitrogen and oxygen atoms in total. The summed E-state index contributed by atoms with van der Waals surface area (Å²) in [6, 6.07) is 19.1. The number of benzene rings is 3. The molecule has 2 aliphatic rings. The molecule has 0 spiro atoms. The molecular formula is C24H19NO3. The van der Waals surface area contributed by atoms with Crippen molar-refractivity contribution >= 4 is 23.8 Å². The van der Waals surface area contributed by atoms with Gasteiger partial charge in [-0.25, -0.2) is 4.79 Å². The van der Waals surface area contributed by atoms with E-state index in [9.17, 15) is 9.90 Å². The molecule has 0 aliphatic carbocycles. The Morgan fingerprint density at radius 2 is 1.79 bits per heavy atom. The third-order valence-electron chi connectivity index (χ3n) is 5.42. The van der Waals surface area contributed by atoms with Crippen LogP contribution in [0.1, 0.15) is 27.9 Å². The molecule has 3 aromatic rings. The standard InChI is InChI=1S/C24H19NO3/c1-15-7-9-19-21(13-15)28-22-14-16(25-11-4-12-25)8-10-20(22)23(19)17-5-2-3-6-18(17)24(26)27/h2-3,5-10,13-14H,1,4,11-12H2,(H,26,27). The maximum absolute atomic E-state index is 11.9. The molecule has 4 heteroatoms. The SMILES string of the molecule is C=c1ccc2c(c1)Oc1cc(N3CCC3)ccc1C=2c1ccccc1C(=O)O. The normalized spacial score (nSPS) is 14.6. The van der Waals surface area contributed by atoms with Crippen molar-refractivity contribution in [3.8, 4) is 11.5 Å². The maximum atomic E-state index is 11.9. The van der Waals surface area contributed by atoms with Crippen molar-refractivity contribution in [1.82, 2.24) is 0 Å². The Hall–Kier alpha value is -3.53. The molecule has 138 valence electrons. The number of hydrogen-bond donors (Lipinski definition) is 1. The van der Waals surface area contributed by atoms with Crippen molar-refractivity contribution in [2.24, 2.45) is 0 Å². The van der Waals surface area contributed by atoms with Crippen LogP contribution in [0.2, 0.25) is 0 Å². The minimum absolute atomic E-state index is 0.279. The fraction of sp³-hybridized carbons (Fsp3) is 0.125. The molecule has 0 amide bonds. The Balaban J connectivity index is 1.81. The van der Waals surface area contributed by atoms with Gasteiger partial charge in [0.25, 0.3) is 0 Å². The van der Waals surface area contributed by atoms with Crippen LogP contribution in [-0.2, 0) is 0 Å². The van der Waals surface area contributed by atoms with Crippen LogP contribution in [0.4, 0.5) is 5.69 Å². The maximum Gasteiger partial charge on any atom is 0.336 e. The van der Waals surface area contributed by atoms with E-state index >= 15 is 0 Å². The molecule has 0 unspecified atom stereocenters. The van der Waals surface area contributed by atoms with Crippen molar-refractivity contribution in [3.63, 3.8) is 0 Å². The van der Waals surface area contributed by atoms with Crippen LogP contribution in [0.15, 0.2) is 60.7 Å². The first kappa shape index (κ1) is 16.6. The third kappa shape index (κ3) is 2.57. The van der Waals surface area contributed by atoms with Crippen LogP contribution in [0.25, 0.3) is 12.2 Å². The van der Waals surface area contributed by atoms with Gasteiger partial charge < -0.3 is 14.7 Å². The average Bonchev–Trinajstić information content (AvgIpc) is 2.64. The van der Waals surface area contributed by atoms with Gasteiger partial charge in [-0.05, 0) is 41.5 Å². The number of ether oxygens (including phenoxy) is 1. The Morgan fingerprint density at radius 1 is 0.964 bits per heavy atom. The van der Waals surface area contributed by atoms with E-state index in [-0.39, 0.29) is 5.56 Å². The summed E-state index contributed by atoms with van der Waals surface area (Å²) in [5.41, 5.74) is 3.88. The topological polar surface area (TPSA) is 49.8 Å². The van der Waals surface area contributed by atoms with Gasteiger partial charge in [0.2, 0.25) is 0 Å². The predicted octanol–water partition coefficient (Wildman–Crippen LogP) is 3.36. The van der Waals surface area contributed by atoms with Crippen molar-refractivity contribution < 1.29 is 14.6 Å². The molecule has 2 aliphatic heterocycles. The van der Waals surface area contributed by atoms with E-state index in [1.54, 1.807) is 12.1 Å². The first-order valence-corrected chi connectivity index (χ1v) is 9.35. The van der Waals surface area contributed by atoms with Crippen LogP contribution < -0.4 is 20.1 Å². The highest BCUT2D eigenvalue weighted by Crippen LogP contribution is 2.39. The Labute approximate surface area is 162 Å². The highest BCUT2D eigenvalue weighted by molar-refractivity contribution is 5.98. The second kappa shape index (κ2) is 6.27. The number of hydrogen-bond acceptors (Lipinski definition) is 3. The lowest BCUT2D eigenvalue weighted by molar-refractivity contribution is 0.0696. The quantitative estimate of drug-likeness (QED) is 0.602. The molecule has 0 radical (unpaired) electrons. The van der Waals surface area contributed by atoms with Crippen molar-refractivity contribution in [2.45, 2.75) is 6.42 Å². The smallest absolute Gasteiger partial charge is 0.336 e. The fourth-order valence-electron chi connectivity index (χ4n) is 3.87. The number of carbonyl (C=O) groups is 1. The van der Waals surface area contributed by atoms with Gasteiger partial charge in [-0.2, -0.15) is 0 Å². The lowest BCUT2D eigenvalue weighted by Gasteiger charge is -2.34. The predicted molar refractivity (Wildman–Crippen MR) is 110 cm³/mol. The number of rotatable bonds is 3. The third-order valence-corrected chi connectivity index (χ3v) is 5.42. The van der Waals surface area contributed by atoms with E-state index in [0.717, 1.165) is 46.1 Å². The molecule has 3 aromatic carbocycles. The molecule has 0 bridgehead atoms. The number of aromatic carboxylic acids is 1. The van der Waals surface area contributed by atoms with Crippen molar-refractivity contribution in [2.75, 3.05) is 18.0 Å². The molecule has 1 saturated heterocycles. The lowest BCUT2D eigenvalue weighted by atomic mass is 9.89. The number of carboxylic acids is 1. The molecular weight excluding hydrogens is 350 g/mol. The Bertz CT molecular complexity index is 1220. The number of carboxylic acid groups (broad SMARTS) is 1. The average molecular weight is 369 g/mol. The van der Waals surface area contributed by atoms with Gasteiger partial charge in [0.1, 0.15) is 11.5 Å². The zero-order valence-corrected chi connectivity index (χ0v) is 15.3. The Kier molecular flexibility index (Phi) is 3.72. The van der Waals surface area contributed by atoms with E-state index in [1.165, 1.54) is 6.42 Å². The van der Waals surface area contributed by atoms with Gasteiger partial charge in [-0.3, -0.25) is 0 Å². The second-order valence-electron chi connectivity index (χ2n) is 7.18. The molecule has 0 aromatic heterocycles. The minimum atomic E-state index is -0.941. The summed E-state index contributed by atoms with van der Waals surface area (Å²) in [6.45, 7) is 6.11. The summed E-state index contributed by atoms with van der Waals surface area (Å²) in [5.74, 6) is 0.511. The van der Waals surface area contributed by atoms with E-state index in [0.29, 0.717) is 11.3 Å². The van der Waals surface area contributed by atoms with E-state index < -0.39 is 5.97 Å². The van der Waals surface area contributed by atoms with Gasteiger partial charge in [0.15, 0.2) is 0 Å². The van der Waals surface area contributed by atoms with Crippen LogP contribution in [0.3, 0.4) is 0 Å². The van der Waals surface area contributed by atoms with E-state index in [4.69, 9.17) is 4.74 Å². The molecule has 28 heavy (non-hydrogen) atoms. The summed E-state index contributed by atoms with van der Waals surface area (Å²) < 4.78 is 6.23. The van der Waals surface area contributed by atoms with Gasteiger partial charge in [0, 0.05) is 41.2 Å². The Morgan fingerprint density at radius 3 is 2.54 bits per heavy atom. The van der Waals surface area contributed by atoms with Crippen LogP contribution in [-0.4, -0.2) is 24.2 Å². The van der Waals surface area contributed by atoms with Crippen LogP contribution in [0.5, 0.6) is 11.5 Å². The minimum Gasteiger partial charge on any atom is -0.478 e. The number of nitrogens with zero attached hydrogens (tertiary/aromatic N) is 1. The van der Waals surface area contributed by atoms with E-state index in [1.807, 2.05) is 36.4 Å². The molecule has 1 N–H and O–H groups in total. The molecule has 1 fully saturated rings. The van der Waals surface area contributed by atoms with Gasteiger partial charge in [0.05, 0.1) is 5.56 Å². The first-order chi connectivity index (χ1) is 13.6. The van der Waals surface area contributed by atoms with Crippen molar-refractivity contribution in [3.05, 3.63) is 87.8 Å². The molecule has 5 rings (SSSR count). The summed E-state index contributed by atoms with van der Waals surface area (Å²) >= 11 is 0.